The fourth-order valence-electron chi connectivity index (χ4n) is 2.27. The Bertz CT molecular complexity index is 526. The number of hydrogen-bond donors (Lipinski definition) is 2. The first-order valence-electron chi connectivity index (χ1n) is 5.47. The van der Waals surface area contributed by atoms with Gasteiger partial charge in [0.2, 0.25) is 5.91 Å². The molecule has 0 spiro atoms. The number of halogens is 1. The van der Waals surface area contributed by atoms with Gasteiger partial charge in [-0.25, -0.2) is 0 Å². The zero-order valence-electron chi connectivity index (χ0n) is 9.11. The fraction of sp³-hybridized carbons (Fsp3) is 0.250. The number of nitrogens with zero attached hydrogens (tertiary/aromatic N) is 1. The van der Waals surface area contributed by atoms with Crippen molar-refractivity contribution < 1.29 is 4.79 Å². The molecule has 0 bridgehead atoms. The molecule has 1 aliphatic carbocycles. The lowest BCUT2D eigenvalue weighted by Crippen LogP contribution is -2.44. The maximum atomic E-state index is 12.2. The molecule has 0 aromatic heterocycles. The minimum absolute atomic E-state index is 0.0523. The second-order valence-corrected chi connectivity index (χ2v) is 4.76. The summed E-state index contributed by atoms with van der Waals surface area (Å²) < 4.78 is 0. The highest BCUT2D eigenvalue weighted by molar-refractivity contribution is 6.30. The number of benzene rings is 1. The molecule has 88 valence electrons. The third-order valence-corrected chi connectivity index (χ3v) is 3.46. The number of nitrogens with one attached hydrogen (secondary N) is 1. The third kappa shape index (κ3) is 1.65. The molecule has 0 fully saturated rings. The molecule has 3 N–H and O–H groups in total. The van der Waals surface area contributed by atoms with E-state index >= 15 is 0 Å². The van der Waals surface area contributed by atoms with Crippen molar-refractivity contribution >= 4 is 17.5 Å². The molecule has 1 aromatic rings. The molecule has 0 radical (unpaired) electrons. The minimum atomic E-state index is -0.0875. The van der Waals surface area contributed by atoms with Gasteiger partial charge in [-0.2, -0.15) is 0 Å². The molecular formula is C12H12ClN3O. The van der Waals surface area contributed by atoms with E-state index in [1.54, 1.807) is 11.1 Å². The van der Waals surface area contributed by atoms with Crippen molar-refractivity contribution in [2.75, 3.05) is 6.54 Å². The van der Waals surface area contributed by atoms with Gasteiger partial charge in [-0.05, 0) is 35.8 Å². The fourth-order valence-corrected chi connectivity index (χ4v) is 2.45. The van der Waals surface area contributed by atoms with E-state index in [1.165, 1.54) is 5.56 Å². The van der Waals surface area contributed by atoms with Crippen LogP contribution in [0.1, 0.15) is 17.0 Å². The summed E-state index contributed by atoms with van der Waals surface area (Å²) in [6.45, 7) is 0.525. The maximum Gasteiger partial charge on any atom is 0.249 e. The van der Waals surface area contributed by atoms with Gasteiger partial charge in [-0.1, -0.05) is 17.7 Å². The molecule has 0 saturated carbocycles. The van der Waals surface area contributed by atoms with E-state index in [1.807, 2.05) is 18.2 Å². The smallest absolute Gasteiger partial charge is 0.249 e. The lowest BCUT2D eigenvalue weighted by atomic mass is 9.77. The van der Waals surface area contributed by atoms with Gasteiger partial charge < -0.3 is 5.73 Å². The highest BCUT2D eigenvalue weighted by Crippen LogP contribution is 2.38. The molecule has 3 rings (SSSR count). The quantitative estimate of drug-likeness (QED) is 0.784. The highest BCUT2D eigenvalue weighted by atomic mass is 35.5. The average molecular weight is 250 g/mol. The van der Waals surface area contributed by atoms with Crippen LogP contribution in [-0.4, -0.2) is 17.5 Å². The van der Waals surface area contributed by atoms with Gasteiger partial charge in [-0.3, -0.25) is 15.2 Å². The number of carbonyl (C=O) groups is 1. The zero-order valence-corrected chi connectivity index (χ0v) is 9.87. The Labute approximate surface area is 104 Å². The predicted molar refractivity (Wildman–Crippen MR) is 65.0 cm³/mol. The van der Waals surface area contributed by atoms with Crippen molar-refractivity contribution in [1.29, 1.82) is 0 Å². The third-order valence-electron chi connectivity index (χ3n) is 3.23. The number of carbonyl (C=O) groups excluding carboxylic acids is 1. The molecule has 5 heteroatoms. The number of hydrazine groups is 1. The first kappa shape index (κ1) is 10.5. The van der Waals surface area contributed by atoms with Crippen LogP contribution in [-0.2, 0) is 11.2 Å². The Kier molecular flexibility index (Phi) is 2.26. The van der Waals surface area contributed by atoms with Crippen LogP contribution in [0, 0.1) is 0 Å². The molecule has 1 aromatic carbocycles. The van der Waals surface area contributed by atoms with Crippen molar-refractivity contribution in [3.8, 4) is 0 Å². The molecule has 1 aliphatic heterocycles. The Morgan fingerprint density at radius 1 is 1.53 bits per heavy atom. The van der Waals surface area contributed by atoms with Crippen molar-refractivity contribution in [2.45, 2.75) is 12.3 Å². The van der Waals surface area contributed by atoms with Crippen molar-refractivity contribution in [3.63, 3.8) is 0 Å². The summed E-state index contributed by atoms with van der Waals surface area (Å²) in [5, 5.41) is 2.22. The summed E-state index contributed by atoms with van der Waals surface area (Å²) in [4.78, 5) is 12.2. The second kappa shape index (κ2) is 3.67. The van der Waals surface area contributed by atoms with E-state index in [4.69, 9.17) is 17.3 Å². The first-order valence-corrected chi connectivity index (χ1v) is 5.85. The van der Waals surface area contributed by atoms with Gasteiger partial charge in [0.1, 0.15) is 5.82 Å². The summed E-state index contributed by atoms with van der Waals surface area (Å²) >= 11 is 5.93. The van der Waals surface area contributed by atoms with Gasteiger partial charge in [-0.15, -0.1) is 0 Å². The van der Waals surface area contributed by atoms with E-state index in [2.05, 4.69) is 5.43 Å². The summed E-state index contributed by atoms with van der Waals surface area (Å²) in [6, 6.07) is 5.70. The Hall–Kier alpha value is -1.68. The van der Waals surface area contributed by atoms with Crippen LogP contribution in [0.25, 0.3) is 0 Å². The molecule has 1 unspecified atom stereocenters. The Morgan fingerprint density at radius 3 is 3.06 bits per heavy atom. The van der Waals surface area contributed by atoms with E-state index < -0.39 is 0 Å². The summed E-state index contributed by atoms with van der Waals surface area (Å²) in [6.07, 6.45) is 2.57. The average Bonchev–Trinajstić information content (AvgIpc) is 2.70. The highest BCUT2D eigenvalue weighted by Gasteiger charge is 2.36. The molecular weight excluding hydrogens is 238 g/mol. The van der Waals surface area contributed by atoms with Crippen LogP contribution in [0.2, 0.25) is 5.02 Å². The van der Waals surface area contributed by atoms with Crippen LogP contribution < -0.4 is 11.2 Å². The minimum Gasteiger partial charge on any atom is -0.384 e. The SMILES string of the molecule is NC1=CCN(C(=O)C2Cc3ccc(Cl)cc32)N1. The zero-order chi connectivity index (χ0) is 12.0. The van der Waals surface area contributed by atoms with Gasteiger partial charge in [0.15, 0.2) is 0 Å². The molecule has 0 saturated heterocycles. The van der Waals surface area contributed by atoms with Crippen molar-refractivity contribution in [1.82, 2.24) is 10.4 Å². The number of hydrogen-bond acceptors (Lipinski definition) is 3. The molecule has 1 heterocycles. The molecule has 2 aliphatic rings. The number of fused-ring (bicyclic) bond motifs is 1. The molecule has 17 heavy (non-hydrogen) atoms. The largest absolute Gasteiger partial charge is 0.384 e. The first-order chi connectivity index (χ1) is 8.15. The monoisotopic (exact) mass is 249 g/mol. The van der Waals surface area contributed by atoms with E-state index in [-0.39, 0.29) is 11.8 Å². The molecule has 1 atom stereocenters. The number of nitrogens with two attached hydrogens (primary N) is 1. The predicted octanol–water partition coefficient (Wildman–Crippen LogP) is 1.13. The number of rotatable bonds is 1. The van der Waals surface area contributed by atoms with Gasteiger partial charge >= 0.3 is 0 Å². The standard InChI is InChI=1S/C12H12ClN3O/c13-8-2-1-7-5-10(9(7)6-8)12(17)16-4-3-11(14)15-16/h1-3,6,10,15H,4-5,14H2. The van der Waals surface area contributed by atoms with Gasteiger partial charge in [0.05, 0.1) is 12.5 Å². The van der Waals surface area contributed by atoms with E-state index in [9.17, 15) is 4.79 Å². The van der Waals surface area contributed by atoms with Crippen LogP contribution in [0.3, 0.4) is 0 Å². The van der Waals surface area contributed by atoms with Gasteiger partial charge in [0.25, 0.3) is 0 Å². The summed E-state index contributed by atoms with van der Waals surface area (Å²) in [5.74, 6) is 0.496. The molecule has 4 nitrogen and oxygen atoms in total. The van der Waals surface area contributed by atoms with Crippen molar-refractivity contribution in [3.05, 3.63) is 46.2 Å². The maximum absolute atomic E-state index is 12.2. The van der Waals surface area contributed by atoms with E-state index in [0.29, 0.717) is 17.4 Å². The van der Waals surface area contributed by atoms with Crippen LogP contribution in [0.15, 0.2) is 30.1 Å². The van der Waals surface area contributed by atoms with Gasteiger partial charge in [0, 0.05) is 5.02 Å². The second-order valence-electron chi connectivity index (χ2n) is 4.32. The lowest BCUT2D eigenvalue weighted by molar-refractivity contribution is -0.134. The normalized spacial score (nSPS) is 21.4. The molecule has 1 amide bonds. The van der Waals surface area contributed by atoms with Crippen LogP contribution in [0.4, 0.5) is 0 Å². The van der Waals surface area contributed by atoms with Crippen LogP contribution in [0.5, 0.6) is 0 Å². The Morgan fingerprint density at radius 2 is 2.35 bits per heavy atom. The topological polar surface area (TPSA) is 58.4 Å². The Balaban J connectivity index is 1.78. The van der Waals surface area contributed by atoms with Crippen LogP contribution >= 0.6 is 11.6 Å². The van der Waals surface area contributed by atoms with Crippen molar-refractivity contribution in [2.24, 2.45) is 5.73 Å². The summed E-state index contributed by atoms with van der Waals surface area (Å²) in [5.41, 5.74) is 10.7. The lowest BCUT2D eigenvalue weighted by Gasteiger charge is -2.32. The summed E-state index contributed by atoms with van der Waals surface area (Å²) in [7, 11) is 0. The van der Waals surface area contributed by atoms with E-state index in [0.717, 1.165) is 12.0 Å². The number of amides is 1.